The number of hydrogen-bond donors (Lipinski definition) is 1. The first kappa shape index (κ1) is 27.4. The Morgan fingerprint density at radius 1 is 1.02 bits per heavy atom. The normalized spacial score (nSPS) is 23.0. The van der Waals surface area contributed by atoms with E-state index in [-0.39, 0.29) is 29.0 Å². The number of rotatable bonds is 6. The van der Waals surface area contributed by atoms with Crippen LogP contribution < -0.4 is 10.2 Å². The first-order valence-corrected chi connectivity index (χ1v) is 15.8. The molecule has 3 aliphatic rings. The first-order valence-electron chi connectivity index (χ1n) is 14.0. The quantitative estimate of drug-likeness (QED) is 0.461. The van der Waals surface area contributed by atoms with Gasteiger partial charge >= 0.3 is 0 Å². The van der Waals surface area contributed by atoms with E-state index in [1.165, 1.54) is 22.9 Å². The summed E-state index contributed by atoms with van der Waals surface area (Å²) in [4.78, 5) is 15.5. The summed E-state index contributed by atoms with van der Waals surface area (Å²) in [6.07, 6.45) is 5.95. The second-order valence-corrected chi connectivity index (χ2v) is 13.6. The predicted molar refractivity (Wildman–Crippen MR) is 150 cm³/mol. The van der Waals surface area contributed by atoms with Gasteiger partial charge in [0.05, 0.1) is 23.3 Å². The van der Waals surface area contributed by atoms with Crippen molar-refractivity contribution in [2.45, 2.75) is 50.0 Å². The highest BCUT2D eigenvalue weighted by atomic mass is 32.2. The molecule has 0 radical (unpaired) electrons. The van der Waals surface area contributed by atoms with Crippen LogP contribution in [0.4, 0.5) is 14.5 Å². The van der Waals surface area contributed by atoms with E-state index in [1.807, 2.05) is 29.2 Å². The molecule has 1 aromatic heterocycles. The van der Waals surface area contributed by atoms with Crippen LogP contribution in [0.15, 0.2) is 48.7 Å². The Morgan fingerprint density at radius 3 is 2.32 bits per heavy atom. The van der Waals surface area contributed by atoms with Gasteiger partial charge in [-0.3, -0.25) is 4.79 Å². The molecule has 3 aromatic rings. The van der Waals surface area contributed by atoms with Crippen molar-refractivity contribution in [3.63, 3.8) is 0 Å². The van der Waals surface area contributed by atoms with Gasteiger partial charge in [0.2, 0.25) is 5.91 Å². The lowest BCUT2D eigenvalue weighted by molar-refractivity contribution is -0.127. The fourth-order valence-electron chi connectivity index (χ4n) is 6.02. The number of para-hydroxylation sites is 1. The van der Waals surface area contributed by atoms with Crippen molar-refractivity contribution in [1.82, 2.24) is 15.1 Å². The molecule has 2 saturated carbocycles. The molecule has 2 heterocycles. The molecule has 6 rings (SSSR count). The minimum absolute atomic E-state index is 0.109. The molecule has 2 aliphatic carbocycles. The maximum Gasteiger partial charge on any atom is 0.225 e. The Morgan fingerprint density at radius 2 is 1.68 bits per heavy atom. The molecule has 0 spiro atoms. The highest BCUT2D eigenvalue weighted by molar-refractivity contribution is 7.91. The molecule has 1 amide bonds. The van der Waals surface area contributed by atoms with Crippen LogP contribution in [-0.2, 0) is 14.6 Å². The van der Waals surface area contributed by atoms with Crippen molar-refractivity contribution in [3.05, 3.63) is 66.0 Å². The minimum Gasteiger partial charge on any atom is -0.369 e. The molecule has 1 N–H and O–H groups in total. The van der Waals surface area contributed by atoms with E-state index in [0.29, 0.717) is 50.0 Å². The van der Waals surface area contributed by atoms with E-state index in [4.69, 9.17) is 5.10 Å². The van der Waals surface area contributed by atoms with Gasteiger partial charge in [0, 0.05) is 42.4 Å². The van der Waals surface area contributed by atoms with Crippen LogP contribution in [0, 0.1) is 28.9 Å². The number of benzene rings is 2. The number of nitrogens with one attached hydrogen (secondary N) is 1. The zero-order chi connectivity index (χ0) is 28.8. The number of hydrogen-bond acceptors (Lipinski definition) is 6. The number of nitriles is 1. The molecule has 214 valence electrons. The third kappa shape index (κ3) is 5.45. The summed E-state index contributed by atoms with van der Waals surface area (Å²) in [5.41, 5.74) is 1.85. The summed E-state index contributed by atoms with van der Waals surface area (Å²) >= 11 is 0. The van der Waals surface area contributed by atoms with Crippen LogP contribution in [-0.4, -0.2) is 54.2 Å². The largest absolute Gasteiger partial charge is 0.369 e. The molecular formula is C30H31F2N5O3S. The molecule has 0 unspecified atom stereocenters. The predicted octanol–water partition coefficient (Wildman–Crippen LogP) is 4.50. The molecule has 8 nitrogen and oxygen atoms in total. The topological polar surface area (TPSA) is 108 Å². The van der Waals surface area contributed by atoms with Gasteiger partial charge in [0.25, 0.3) is 0 Å². The Bertz CT molecular complexity index is 1590. The third-order valence-corrected chi connectivity index (χ3v) is 10.2. The average molecular weight is 580 g/mol. The third-order valence-electron chi connectivity index (χ3n) is 8.58. The summed E-state index contributed by atoms with van der Waals surface area (Å²) in [6, 6.07) is 13.5. The van der Waals surface area contributed by atoms with Crippen molar-refractivity contribution in [3.8, 4) is 22.9 Å². The van der Waals surface area contributed by atoms with Gasteiger partial charge in [-0.25, -0.2) is 21.9 Å². The van der Waals surface area contributed by atoms with Crippen molar-refractivity contribution < 1.29 is 22.0 Å². The fourth-order valence-corrected chi connectivity index (χ4v) is 7.22. The lowest BCUT2D eigenvalue weighted by Crippen LogP contribution is -2.42. The number of carbonyl (C=O) groups is 1. The molecular weight excluding hydrogens is 548 g/mol. The van der Waals surface area contributed by atoms with Crippen molar-refractivity contribution in [2.75, 3.05) is 29.5 Å². The summed E-state index contributed by atoms with van der Waals surface area (Å²) < 4.78 is 54.6. The molecule has 2 atom stereocenters. The first-order chi connectivity index (χ1) is 19.7. The molecule has 2 aromatic carbocycles. The highest BCUT2D eigenvalue weighted by Crippen LogP contribution is 2.43. The van der Waals surface area contributed by atoms with Crippen LogP contribution in [0.5, 0.6) is 0 Å². The van der Waals surface area contributed by atoms with Gasteiger partial charge in [0.15, 0.2) is 21.5 Å². The SMILES string of the molecule is N#CC1(NC(=O)[C@@H]2CCCC[C@H]2c2nn(-c3c(F)cccc3F)cc2-c2ccc(N3CCS(=O)(=O)CC3)cc2)CC1. The van der Waals surface area contributed by atoms with Crippen molar-refractivity contribution in [2.24, 2.45) is 5.92 Å². The second kappa shape index (κ2) is 10.6. The van der Waals surface area contributed by atoms with E-state index in [9.17, 15) is 27.3 Å². The van der Waals surface area contributed by atoms with Crippen LogP contribution >= 0.6 is 0 Å². The number of anilines is 1. The number of nitrogens with zero attached hydrogens (tertiary/aromatic N) is 4. The van der Waals surface area contributed by atoms with Gasteiger partial charge in [-0.15, -0.1) is 0 Å². The number of amides is 1. The zero-order valence-corrected chi connectivity index (χ0v) is 23.3. The van der Waals surface area contributed by atoms with Gasteiger partial charge in [-0.1, -0.05) is 31.0 Å². The Hall–Kier alpha value is -3.78. The Kier molecular flexibility index (Phi) is 7.06. The van der Waals surface area contributed by atoms with Gasteiger partial charge in [-0.2, -0.15) is 10.4 Å². The van der Waals surface area contributed by atoms with E-state index >= 15 is 0 Å². The second-order valence-electron chi connectivity index (χ2n) is 11.3. The Balaban J connectivity index is 1.38. The van der Waals surface area contributed by atoms with Crippen LogP contribution in [0.25, 0.3) is 16.8 Å². The van der Waals surface area contributed by atoms with Gasteiger partial charge in [0.1, 0.15) is 11.2 Å². The van der Waals surface area contributed by atoms with E-state index in [0.717, 1.165) is 24.1 Å². The van der Waals surface area contributed by atoms with Gasteiger partial charge in [-0.05, 0) is 55.5 Å². The molecule has 1 aliphatic heterocycles. The maximum atomic E-state index is 14.8. The fraction of sp³-hybridized carbons (Fsp3) is 0.433. The molecule has 41 heavy (non-hydrogen) atoms. The van der Waals surface area contributed by atoms with Gasteiger partial charge < -0.3 is 10.2 Å². The van der Waals surface area contributed by atoms with E-state index < -0.39 is 32.9 Å². The monoisotopic (exact) mass is 579 g/mol. The van der Waals surface area contributed by atoms with Crippen molar-refractivity contribution in [1.29, 1.82) is 5.26 Å². The van der Waals surface area contributed by atoms with Crippen LogP contribution in [0.1, 0.15) is 50.1 Å². The number of sulfone groups is 1. The number of halogens is 2. The molecule has 11 heteroatoms. The summed E-state index contributed by atoms with van der Waals surface area (Å²) in [7, 11) is -3.01. The van der Waals surface area contributed by atoms with Crippen LogP contribution in [0.3, 0.4) is 0 Å². The summed E-state index contributed by atoms with van der Waals surface area (Å²) in [5.74, 6) is -2.17. The highest BCUT2D eigenvalue weighted by Gasteiger charge is 2.47. The molecule has 1 saturated heterocycles. The smallest absolute Gasteiger partial charge is 0.225 e. The number of aromatic nitrogens is 2. The van der Waals surface area contributed by atoms with E-state index in [1.54, 1.807) is 6.20 Å². The van der Waals surface area contributed by atoms with Crippen LogP contribution in [0.2, 0.25) is 0 Å². The standard InChI is InChI=1S/C30H31F2N5O3S/c31-25-6-3-7-26(32)28(25)37-18-24(20-8-10-21(11-9-20)36-14-16-41(39,40)17-15-36)27(35-37)22-4-1-2-5-23(22)29(38)34-30(19-33)12-13-30/h3,6-11,18,22-23H,1-2,4-5,12-17H2,(H,34,38)/t22-,23-/m1/s1. The summed E-state index contributed by atoms with van der Waals surface area (Å²) in [5, 5.41) is 17.2. The number of carbonyl (C=O) groups excluding carboxylic acids is 1. The minimum atomic E-state index is -3.01. The average Bonchev–Trinajstić information content (AvgIpc) is 3.61. The van der Waals surface area contributed by atoms with Crippen molar-refractivity contribution >= 4 is 21.4 Å². The lowest BCUT2D eigenvalue weighted by Gasteiger charge is -2.31. The maximum absolute atomic E-state index is 14.8. The zero-order valence-electron chi connectivity index (χ0n) is 22.5. The summed E-state index contributed by atoms with van der Waals surface area (Å²) in [6.45, 7) is 0.834. The lowest BCUT2D eigenvalue weighted by atomic mass is 9.75. The Labute approximate surface area is 237 Å². The van der Waals surface area contributed by atoms with E-state index in [2.05, 4.69) is 11.4 Å². The molecule has 0 bridgehead atoms. The molecule has 3 fully saturated rings.